The molecule has 34 heavy (non-hydrogen) atoms. The van der Waals surface area contributed by atoms with Gasteiger partial charge >= 0.3 is 6.09 Å². The summed E-state index contributed by atoms with van der Waals surface area (Å²) in [6.45, 7) is 6.25. The minimum Gasteiger partial charge on any atom is -0.444 e. The normalized spacial score (nSPS) is 13.7. The molecule has 0 radical (unpaired) electrons. The number of benzene rings is 3. The van der Waals surface area contributed by atoms with Crippen molar-refractivity contribution in [1.29, 1.82) is 5.26 Å². The number of nitrogens with one attached hydrogen (secondary N) is 1. The predicted molar refractivity (Wildman–Crippen MR) is 135 cm³/mol. The molecule has 3 aromatic rings. The van der Waals surface area contributed by atoms with Crippen LogP contribution in [0.15, 0.2) is 79.4 Å². The summed E-state index contributed by atoms with van der Waals surface area (Å²) in [6.07, 6.45) is 1.46. The van der Waals surface area contributed by atoms with Gasteiger partial charge in [0.1, 0.15) is 6.61 Å². The number of carbonyl (C=O) groups excluding carboxylic acids is 1. The highest BCUT2D eigenvalue weighted by molar-refractivity contribution is 6.33. The van der Waals surface area contributed by atoms with Crippen LogP contribution < -0.4 is 5.32 Å². The van der Waals surface area contributed by atoms with Crippen LogP contribution in [0.3, 0.4) is 0 Å². The van der Waals surface area contributed by atoms with Crippen LogP contribution in [0.2, 0.25) is 5.02 Å². The van der Waals surface area contributed by atoms with Gasteiger partial charge < -0.3 is 9.64 Å². The van der Waals surface area contributed by atoms with E-state index >= 15 is 0 Å². The fourth-order valence-electron chi connectivity index (χ4n) is 4.16. The van der Waals surface area contributed by atoms with Crippen molar-refractivity contribution in [3.8, 4) is 6.07 Å². The molecule has 0 spiro atoms. The first-order valence-corrected chi connectivity index (χ1v) is 11.6. The van der Waals surface area contributed by atoms with Gasteiger partial charge in [0.2, 0.25) is 0 Å². The van der Waals surface area contributed by atoms with E-state index in [1.165, 1.54) is 5.56 Å². The van der Waals surface area contributed by atoms with Gasteiger partial charge in [0.15, 0.2) is 0 Å². The summed E-state index contributed by atoms with van der Waals surface area (Å²) in [5, 5.41) is 12.2. The summed E-state index contributed by atoms with van der Waals surface area (Å²) in [4.78, 5) is 14.6. The number of anilines is 1. The van der Waals surface area contributed by atoms with Crippen LogP contribution in [0.4, 0.5) is 10.5 Å². The first kappa shape index (κ1) is 23.4. The Morgan fingerprint density at radius 2 is 1.79 bits per heavy atom. The van der Waals surface area contributed by atoms with Crippen molar-refractivity contribution in [1.82, 2.24) is 4.90 Å². The third-order valence-electron chi connectivity index (χ3n) is 6.14. The van der Waals surface area contributed by atoms with Crippen molar-refractivity contribution in [2.75, 3.05) is 18.4 Å². The lowest BCUT2D eigenvalue weighted by molar-refractivity contribution is 0.155. The van der Waals surface area contributed by atoms with Gasteiger partial charge in [0.25, 0.3) is 0 Å². The summed E-state index contributed by atoms with van der Waals surface area (Å²) in [6, 6.07) is 25.1. The van der Waals surface area contributed by atoms with Crippen molar-refractivity contribution >= 4 is 29.1 Å². The van der Waals surface area contributed by atoms with Gasteiger partial charge in [-0.05, 0) is 59.7 Å². The van der Waals surface area contributed by atoms with Crippen molar-refractivity contribution in [3.63, 3.8) is 0 Å². The van der Waals surface area contributed by atoms with E-state index in [2.05, 4.69) is 35.0 Å². The smallest absolute Gasteiger partial charge is 0.412 e. The van der Waals surface area contributed by atoms with Crippen LogP contribution in [0, 0.1) is 11.3 Å². The molecule has 1 N–H and O–H groups in total. The summed E-state index contributed by atoms with van der Waals surface area (Å²) in [5.74, 6) is 0.471. The van der Waals surface area contributed by atoms with E-state index < -0.39 is 6.09 Å². The maximum atomic E-state index is 12.3. The summed E-state index contributed by atoms with van der Waals surface area (Å²) in [7, 11) is 0. The molecule has 0 aliphatic carbocycles. The van der Waals surface area contributed by atoms with Crippen LogP contribution in [0.25, 0.3) is 5.70 Å². The number of nitrogens with zero attached hydrogens (tertiary/aromatic N) is 2. The molecule has 1 fully saturated rings. The Morgan fingerprint density at radius 3 is 2.47 bits per heavy atom. The van der Waals surface area contributed by atoms with E-state index in [-0.39, 0.29) is 6.61 Å². The molecule has 0 unspecified atom stereocenters. The van der Waals surface area contributed by atoms with E-state index in [4.69, 9.17) is 21.6 Å². The molecule has 3 aromatic carbocycles. The van der Waals surface area contributed by atoms with Crippen molar-refractivity contribution < 1.29 is 9.53 Å². The lowest BCUT2D eigenvalue weighted by Gasteiger charge is -2.35. The van der Waals surface area contributed by atoms with Gasteiger partial charge in [-0.3, -0.25) is 5.32 Å². The SMILES string of the molecule is C=C(c1ccc(Cl)c(NC(=O)OCc2ccccc2)c1)N1CCC(c2ccc(C#N)cc2)CC1. The number of hydrogen-bond donors (Lipinski definition) is 1. The van der Waals surface area contributed by atoms with Gasteiger partial charge in [0, 0.05) is 18.8 Å². The minimum absolute atomic E-state index is 0.185. The standard InChI is InChI=1S/C28H26ClN3O2/c1-20(32-15-13-24(14-16-32)23-9-7-21(18-30)8-10-23)25-11-12-26(29)27(17-25)31-28(33)34-19-22-5-3-2-4-6-22/h2-12,17,24H,1,13-16,19H2,(H,31,33). The number of ether oxygens (including phenoxy) is 1. The number of hydrogen-bond acceptors (Lipinski definition) is 4. The third-order valence-corrected chi connectivity index (χ3v) is 6.47. The largest absolute Gasteiger partial charge is 0.444 e. The van der Waals surface area contributed by atoms with E-state index in [0.717, 1.165) is 42.8 Å². The van der Waals surface area contributed by atoms with E-state index in [9.17, 15) is 4.79 Å². The fourth-order valence-corrected chi connectivity index (χ4v) is 4.33. The Balaban J connectivity index is 1.35. The molecule has 1 amide bonds. The van der Waals surface area contributed by atoms with E-state index in [1.54, 1.807) is 6.07 Å². The van der Waals surface area contributed by atoms with E-state index in [0.29, 0.717) is 22.2 Å². The van der Waals surface area contributed by atoms with Gasteiger partial charge in [0.05, 0.1) is 22.3 Å². The zero-order chi connectivity index (χ0) is 23.9. The second-order valence-corrected chi connectivity index (χ2v) is 8.73. The monoisotopic (exact) mass is 471 g/mol. The second kappa shape index (κ2) is 10.9. The van der Waals surface area contributed by atoms with Gasteiger partial charge in [-0.1, -0.05) is 66.7 Å². The quantitative estimate of drug-likeness (QED) is 0.428. The fraction of sp³-hybridized carbons (Fsp3) is 0.214. The molecule has 5 nitrogen and oxygen atoms in total. The van der Waals surface area contributed by atoms with Crippen molar-refractivity contribution in [3.05, 3.63) is 107 Å². The summed E-state index contributed by atoms with van der Waals surface area (Å²) in [5.41, 5.74) is 5.17. The minimum atomic E-state index is -0.559. The highest BCUT2D eigenvalue weighted by Crippen LogP contribution is 2.33. The lowest BCUT2D eigenvalue weighted by Crippen LogP contribution is -2.31. The highest BCUT2D eigenvalue weighted by atomic mass is 35.5. The summed E-state index contributed by atoms with van der Waals surface area (Å²) < 4.78 is 5.31. The van der Waals surface area contributed by atoms with Crippen LogP contribution >= 0.6 is 11.6 Å². The Bertz CT molecular complexity index is 1190. The van der Waals surface area contributed by atoms with Crippen LogP contribution in [-0.4, -0.2) is 24.1 Å². The number of piperidine rings is 1. The maximum absolute atomic E-state index is 12.3. The number of nitriles is 1. The van der Waals surface area contributed by atoms with Crippen LogP contribution in [0.5, 0.6) is 0 Å². The van der Waals surface area contributed by atoms with Crippen LogP contribution in [-0.2, 0) is 11.3 Å². The molecular weight excluding hydrogens is 446 g/mol. The molecular formula is C28H26ClN3O2. The third kappa shape index (κ3) is 5.78. The molecule has 1 aliphatic heterocycles. The summed E-state index contributed by atoms with van der Waals surface area (Å²) >= 11 is 6.32. The molecule has 4 rings (SSSR count). The molecule has 0 atom stereocenters. The van der Waals surface area contributed by atoms with Crippen LogP contribution in [0.1, 0.15) is 41.0 Å². The molecule has 6 heteroatoms. The lowest BCUT2D eigenvalue weighted by atomic mass is 9.88. The topological polar surface area (TPSA) is 65.4 Å². The van der Waals surface area contributed by atoms with Gasteiger partial charge in [-0.25, -0.2) is 4.79 Å². The molecule has 0 saturated carbocycles. The molecule has 1 aliphatic rings. The number of likely N-dealkylation sites (tertiary alicyclic amines) is 1. The first-order chi connectivity index (χ1) is 16.5. The molecule has 172 valence electrons. The number of rotatable bonds is 6. The Morgan fingerprint density at radius 1 is 1.09 bits per heavy atom. The highest BCUT2D eigenvalue weighted by Gasteiger charge is 2.22. The average Bonchev–Trinajstić information content (AvgIpc) is 2.89. The van der Waals surface area contributed by atoms with Crippen molar-refractivity contribution in [2.24, 2.45) is 0 Å². The number of carbonyl (C=O) groups is 1. The van der Waals surface area contributed by atoms with Crippen molar-refractivity contribution in [2.45, 2.75) is 25.4 Å². The van der Waals surface area contributed by atoms with Gasteiger partial charge in [-0.15, -0.1) is 0 Å². The second-order valence-electron chi connectivity index (χ2n) is 8.32. The Hall–Kier alpha value is -3.75. The number of halogens is 1. The molecule has 1 heterocycles. The molecule has 0 aromatic heterocycles. The van der Waals surface area contributed by atoms with E-state index in [1.807, 2.05) is 54.6 Å². The predicted octanol–water partition coefficient (Wildman–Crippen LogP) is 6.81. The Labute approximate surface area is 205 Å². The van der Waals surface area contributed by atoms with Gasteiger partial charge in [-0.2, -0.15) is 5.26 Å². The number of amides is 1. The molecule has 1 saturated heterocycles. The zero-order valence-corrected chi connectivity index (χ0v) is 19.6. The maximum Gasteiger partial charge on any atom is 0.412 e. The first-order valence-electron chi connectivity index (χ1n) is 11.2. The average molecular weight is 472 g/mol. The Kier molecular flexibility index (Phi) is 7.51. The molecule has 0 bridgehead atoms. The zero-order valence-electron chi connectivity index (χ0n) is 18.8.